The third-order valence-electron chi connectivity index (χ3n) is 2.40. The summed E-state index contributed by atoms with van der Waals surface area (Å²) in [6.45, 7) is 2.82. The quantitative estimate of drug-likeness (QED) is 0.343. The van der Waals surface area contributed by atoms with E-state index in [4.69, 9.17) is 14.7 Å². The lowest BCUT2D eigenvalue weighted by Gasteiger charge is -2.10. The Hall–Kier alpha value is -1.71. The minimum Gasteiger partial charge on any atom is -0.493 e. The van der Waals surface area contributed by atoms with Crippen LogP contribution in [0.3, 0.4) is 0 Å². The number of oxime groups is 1. The third-order valence-corrected chi connectivity index (χ3v) is 2.40. The molecular formula is C13H19NO3. The molecule has 0 aliphatic rings. The van der Waals surface area contributed by atoms with E-state index in [-0.39, 0.29) is 0 Å². The first-order valence-electron chi connectivity index (χ1n) is 5.80. The molecule has 94 valence electrons. The summed E-state index contributed by atoms with van der Waals surface area (Å²) < 4.78 is 10.9. The Labute approximate surface area is 102 Å². The first-order valence-corrected chi connectivity index (χ1v) is 5.80. The van der Waals surface area contributed by atoms with Crippen LogP contribution in [0, 0.1) is 0 Å². The molecule has 0 spiro atoms. The maximum atomic E-state index is 8.48. The van der Waals surface area contributed by atoms with Gasteiger partial charge in [-0.25, -0.2) is 0 Å². The van der Waals surface area contributed by atoms with Crippen molar-refractivity contribution in [1.82, 2.24) is 0 Å². The van der Waals surface area contributed by atoms with Crippen molar-refractivity contribution >= 4 is 6.21 Å². The van der Waals surface area contributed by atoms with Crippen LogP contribution in [0.5, 0.6) is 11.5 Å². The van der Waals surface area contributed by atoms with E-state index in [2.05, 4.69) is 12.1 Å². The molecule has 1 N–H and O–H groups in total. The van der Waals surface area contributed by atoms with Crippen LogP contribution in [0.4, 0.5) is 0 Å². The first-order chi connectivity index (χ1) is 8.31. The van der Waals surface area contributed by atoms with E-state index >= 15 is 0 Å². The third kappa shape index (κ3) is 4.34. The summed E-state index contributed by atoms with van der Waals surface area (Å²) in [5.41, 5.74) is 0.777. The second kappa shape index (κ2) is 7.54. The Balaban J connectivity index is 2.68. The van der Waals surface area contributed by atoms with E-state index in [1.807, 2.05) is 0 Å². The van der Waals surface area contributed by atoms with Crippen LogP contribution in [0.2, 0.25) is 0 Å². The Morgan fingerprint density at radius 3 is 2.76 bits per heavy atom. The summed E-state index contributed by atoms with van der Waals surface area (Å²) in [7, 11) is 1.61. The summed E-state index contributed by atoms with van der Waals surface area (Å²) in [5.74, 6) is 1.37. The van der Waals surface area contributed by atoms with Crippen molar-refractivity contribution in [3.8, 4) is 11.5 Å². The maximum absolute atomic E-state index is 8.48. The van der Waals surface area contributed by atoms with Crippen molar-refractivity contribution in [3.05, 3.63) is 23.8 Å². The molecule has 1 rings (SSSR count). The molecule has 17 heavy (non-hydrogen) atoms. The molecule has 0 unspecified atom stereocenters. The van der Waals surface area contributed by atoms with Crippen LogP contribution in [0.1, 0.15) is 31.7 Å². The van der Waals surface area contributed by atoms with Crippen LogP contribution in [0.25, 0.3) is 0 Å². The van der Waals surface area contributed by atoms with Crippen molar-refractivity contribution in [2.75, 3.05) is 13.7 Å². The highest BCUT2D eigenvalue weighted by Gasteiger charge is 2.04. The van der Waals surface area contributed by atoms with Gasteiger partial charge in [-0.1, -0.05) is 24.9 Å². The molecule has 0 aliphatic heterocycles. The Bertz CT molecular complexity index is 364. The Morgan fingerprint density at radius 2 is 2.12 bits per heavy atom. The Kier molecular flexibility index (Phi) is 5.93. The summed E-state index contributed by atoms with van der Waals surface area (Å²) >= 11 is 0. The molecule has 0 aliphatic carbocycles. The maximum Gasteiger partial charge on any atom is 0.161 e. The zero-order valence-corrected chi connectivity index (χ0v) is 10.3. The van der Waals surface area contributed by atoms with Gasteiger partial charge in [0.1, 0.15) is 0 Å². The second-order valence-corrected chi connectivity index (χ2v) is 3.71. The number of rotatable bonds is 7. The lowest BCUT2D eigenvalue weighted by atomic mass is 10.2. The van der Waals surface area contributed by atoms with Gasteiger partial charge in [0, 0.05) is 5.56 Å². The molecule has 4 heteroatoms. The number of unbranched alkanes of at least 4 members (excludes halogenated alkanes) is 2. The van der Waals surface area contributed by atoms with Crippen molar-refractivity contribution in [2.24, 2.45) is 5.16 Å². The van der Waals surface area contributed by atoms with E-state index in [0.717, 1.165) is 24.8 Å². The van der Waals surface area contributed by atoms with E-state index in [1.165, 1.54) is 6.21 Å². The summed E-state index contributed by atoms with van der Waals surface area (Å²) in [6, 6.07) is 5.40. The fourth-order valence-electron chi connectivity index (χ4n) is 1.49. The van der Waals surface area contributed by atoms with Crippen molar-refractivity contribution in [2.45, 2.75) is 26.2 Å². The van der Waals surface area contributed by atoms with Crippen molar-refractivity contribution < 1.29 is 14.7 Å². The molecule has 0 amide bonds. The summed E-state index contributed by atoms with van der Waals surface area (Å²) in [5, 5.41) is 11.5. The zero-order valence-electron chi connectivity index (χ0n) is 10.3. The molecule has 0 radical (unpaired) electrons. The van der Waals surface area contributed by atoms with Gasteiger partial charge in [0.25, 0.3) is 0 Å². The molecule has 1 aromatic carbocycles. The largest absolute Gasteiger partial charge is 0.493 e. The molecule has 0 bridgehead atoms. The van der Waals surface area contributed by atoms with Crippen LogP contribution in [0.15, 0.2) is 23.4 Å². The number of methoxy groups -OCH3 is 1. The molecule has 1 aromatic rings. The first kappa shape index (κ1) is 13.4. The fraction of sp³-hybridized carbons (Fsp3) is 0.462. The van der Waals surface area contributed by atoms with Gasteiger partial charge in [-0.3, -0.25) is 0 Å². The molecule has 0 saturated heterocycles. The lowest BCUT2D eigenvalue weighted by molar-refractivity contribution is 0.286. The number of nitrogens with zero attached hydrogens (tertiary/aromatic N) is 1. The highest BCUT2D eigenvalue weighted by Crippen LogP contribution is 2.27. The molecule has 0 atom stereocenters. The van der Waals surface area contributed by atoms with Gasteiger partial charge < -0.3 is 14.7 Å². The molecular weight excluding hydrogens is 218 g/mol. The van der Waals surface area contributed by atoms with E-state index in [9.17, 15) is 0 Å². The average Bonchev–Trinajstić information content (AvgIpc) is 2.35. The van der Waals surface area contributed by atoms with Gasteiger partial charge in [-0.05, 0) is 24.6 Å². The van der Waals surface area contributed by atoms with Gasteiger partial charge in [0.15, 0.2) is 11.5 Å². The van der Waals surface area contributed by atoms with Gasteiger partial charge in [-0.15, -0.1) is 0 Å². The standard InChI is InChI=1S/C13H19NO3/c1-3-4-5-8-17-13-9-11(10-14-15)6-7-12(13)16-2/h6-7,9-10,15H,3-5,8H2,1-2H3. The van der Waals surface area contributed by atoms with Crippen LogP contribution >= 0.6 is 0 Å². The predicted octanol–water partition coefficient (Wildman–Crippen LogP) is 3.07. The minimum atomic E-state index is 0.671. The SMILES string of the molecule is CCCCCOc1cc(C=NO)ccc1OC. The molecule has 0 fully saturated rings. The van der Waals surface area contributed by atoms with Crippen LogP contribution in [-0.2, 0) is 0 Å². The van der Waals surface area contributed by atoms with Gasteiger partial charge >= 0.3 is 0 Å². The Morgan fingerprint density at radius 1 is 1.29 bits per heavy atom. The van der Waals surface area contributed by atoms with Crippen LogP contribution in [-0.4, -0.2) is 25.1 Å². The number of hydrogen-bond acceptors (Lipinski definition) is 4. The van der Waals surface area contributed by atoms with Gasteiger partial charge in [-0.2, -0.15) is 0 Å². The highest BCUT2D eigenvalue weighted by molar-refractivity contribution is 5.80. The van der Waals surface area contributed by atoms with Crippen molar-refractivity contribution in [1.29, 1.82) is 0 Å². The smallest absolute Gasteiger partial charge is 0.161 e. The monoisotopic (exact) mass is 237 g/mol. The molecule has 4 nitrogen and oxygen atoms in total. The summed E-state index contributed by atoms with van der Waals surface area (Å²) in [6.07, 6.45) is 4.70. The number of ether oxygens (including phenoxy) is 2. The fourth-order valence-corrected chi connectivity index (χ4v) is 1.49. The van der Waals surface area contributed by atoms with Gasteiger partial charge in [0.05, 0.1) is 19.9 Å². The van der Waals surface area contributed by atoms with Crippen molar-refractivity contribution in [3.63, 3.8) is 0 Å². The minimum absolute atomic E-state index is 0.671. The lowest BCUT2D eigenvalue weighted by Crippen LogP contribution is -2.00. The predicted molar refractivity (Wildman–Crippen MR) is 67.4 cm³/mol. The van der Waals surface area contributed by atoms with Crippen LogP contribution < -0.4 is 9.47 Å². The van der Waals surface area contributed by atoms with E-state index in [1.54, 1.807) is 25.3 Å². The average molecular weight is 237 g/mol. The molecule has 0 aromatic heterocycles. The molecule has 0 saturated carbocycles. The zero-order chi connectivity index (χ0) is 12.5. The summed E-state index contributed by atoms with van der Waals surface area (Å²) in [4.78, 5) is 0. The van der Waals surface area contributed by atoms with E-state index < -0.39 is 0 Å². The highest BCUT2D eigenvalue weighted by atomic mass is 16.5. The normalized spacial score (nSPS) is 10.7. The number of benzene rings is 1. The van der Waals surface area contributed by atoms with E-state index in [0.29, 0.717) is 18.1 Å². The molecule has 0 heterocycles. The van der Waals surface area contributed by atoms with Gasteiger partial charge in [0.2, 0.25) is 0 Å². The topological polar surface area (TPSA) is 51.0 Å². The second-order valence-electron chi connectivity index (χ2n) is 3.71. The number of hydrogen-bond donors (Lipinski definition) is 1.